The van der Waals surface area contributed by atoms with Crippen LogP contribution in [0.5, 0.6) is 0 Å². The normalized spacial score (nSPS) is 11.2. The van der Waals surface area contributed by atoms with Gasteiger partial charge >= 0.3 is 0 Å². The lowest BCUT2D eigenvalue weighted by Gasteiger charge is -2.12. The van der Waals surface area contributed by atoms with E-state index in [2.05, 4.69) is 0 Å². The van der Waals surface area contributed by atoms with Gasteiger partial charge in [0.25, 0.3) is 0 Å². The predicted octanol–water partition coefficient (Wildman–Crippen LogP) is 2.09. The number of Topliss-reactive ketones (excluding diaryl/α,β-unsaturated/α-hetero) is 2. The average Bonchev–Trinajstić information content (AvgIpc) is 2.49. The summed E-state index contributed by atoms with van der Waals surface area (Å²) < 4.78 is 25.3. The number of sulfone groups is 1. The van der Waals surface area contributed by atoms with Crippen molar-refractivity contribution in [3.05, 3.63) is 47.5 Å². The van der Waals surface area contributed by atoms with Gasteiger partial charge in [0.1, 0.15) is 0 Å². The van der Waals surface area contributed by atoms with Crippen molar-refractivity contribution in [2.24, 2.45) is 0 Å². The molecule has 120 valence electrons. The molecular weight excluding hydrogens is 316 g/mol. The Morgan fingerprint density at radius 3 is 1.87 bits per heavy atom. The largest absolute Gasteiger partial charge is 0.396 e. The number of anilines is 2. The van der Waals surface area contributed by atoms with Crippen LogP contribution < -0.4 is 11.5 Å². The summed E-state index contributed by atoms with van der Waals surface area (Å²) in [5, 5.41) is 0. The van der Waals surface area contributed by atoms with Gasteiger partial charge in [0, 0.05) is 11.1 Å². The molecule has 0 bridgehead atoms. The summed E-state index contributed by atoms with van der Waals surface area (Å²) >= 11 is 0. The molecule has 2 rings (SSSR count). The van der Waals surface area contributed by atoms with E-state index < -0.39 is 9.84 Å². The molecule has 0 aliphatic heterocycles. The Kier molecular flexibility index (Phi) is 4.24. The average molecular weight is 332 g/mol. The molecule has 23 heavy (non-hydrogen) atoms. The molecule has 0 aromatic heterocycles. The Labute approximate surface area is 134 Å². The Balaban J connectivity index is 2.58. The van der Waals surface area contributed by atoms with E-state index >= 15 is 0 Å². The van der Waals surface area contributed by atoms with Gasteiger partial charge in [0.15, 0.2) is 11.6 Å². The van der Waals surface area contributed by atoms with Gasteiger partial charge in [-0.15, -0.1) is 0 Å². The smallest absolute Gasteiger partial charge is 0.208 e. The molecule has 7 heteroatoms. The number of hydrogen-bond donors (Lipinski definition) is 2. The van der Waals surface area contributed by atoms with Crippen LogP contribution in [0.3, 0.4) is 0 Å². The van der Waals surface area contributed by atoms with E-state index in [4.69, 9.17) is 11.5 Å². The molecule has 0 aliphatic rings. The zero-order valence-electron chi connectivity index (χ0n) is 12.7. The number of ketones is 2. The van der Waals surface area contributed by atoms with E-state index in [1.54, 1.807) is 0 Å². The van der Waals surface area contributed by atoms with Crippen LogP contribution in [0.15, 0.2) is 46.2 Å². The minimum atomic E-state index is -3.90. The highest BCUT2D eigenvalue weighted by Crippen LogP contribution is 2.32. The Morgan fingerprint density at radius 1 is 0.826 bits per heavy atom. The second-order valence-corrected chi connectivity index (χ2v) is 7.00. The lowest BCUT2D eigenvalue weighted by Crippen LogP contribution is -2.11. The fraction of sp³-hybridized carbons (Fsp3) is 0.125. The van der Waals surface area contributed by atoms with E-state index in [0.717, 1.165) is 0 Å². The van der Waals surface area contributed by atoms with Crippen LogP contribution in [-0.4, -0.2) is 20.0 Å². The van der Waals surface area contributed by atoms with Crippen LogP contribution >= 0.6 is 0 Å². The van der Waals surface area contributed by atoms with E-state index in [-0.39, 0.29) is 38.3 Å². The van der Waals surface area contributed by atoms with Crippen LogP contribution in [0.2, 0.25) is 0 Å². The third-order valence-electron chi connectivity index (χ3n) is 3.49. The third-order valence-corrected chi connectivity index (χ3v) is 5.31. The maximum absolute atomic E-state index is 12.7. The van der Waals surface area contributed by atoms with Gasteiger partial charge in [-0.05, 0) is 38.1 Å². The molecule has 0 saturated carbocycles. The quantitative estimate of drug-likeness (QED) is 0.653. The molecule has 2 aromatic carbocycles. The molecule has 0 heterocycles. The fourth-order valence-corrected chi connectivity index (χ4v) is 3.55. The van der Waals surface area contributed by atoms with Crippen molar-refractivity contribution < 1.29 is 18.0 Å². The molecule has 0 saturated heterocycles. The molecule has 0 radical (unpaired) electrons. The summed E-state index contributed by atoms with van der Waals surface area (Å²) in [4.78, 5) is 22.5. The standard InChI is InChI=1S/C16H16N2O4S/c1-9(19)11-3-5-12(6-4-11)23(21,22)14-8-7-13(10(2)20)15(17)16(14)18/h3-8H,17-18H2,1-2H3. The summed E-state index contributed by atoms with van der Waals surface area (Å²) in [6.45, 7) is 2.71. The van der Waals surface area contributed by atoms with Crippen LogP contribution in [0.25, 0.3) is 0 Å². The van der Waals surface area contributed by atoms with E-state index in [1.165, 1.54) is 50.2 Å². The number of carbonyl (C=O) groups excluding carboxylic acids is 2. The molecule has 2 aromatic rings. The van der Waals surface area contributed by atoms with Gasteiger partial charge in [-0.25, -0.2) is 8.42 Å². The van der Waals surface area contributed by atoms with Crippen molar-refractivity contribution in [3.8, 4) is 0 Å². The third kappa shape index (κ3) is 2.95. The van der Waals surface area contributed by atoms with Gasteiger partial charge in [-0.2, -0.15) is 0 Å². The highest BCUT2D eigenvalue weighted by Gasteiger charge is 2.23. The molecule has 0 aliphatic carbocycles. The summed E-state index contributed by atoms with van der Waals surface area (Å²) in [6.07, 6.45) is 0. The van der Waals surface area contributed by atoms with Crippen molar-refractivity contribution in [1.29, 1.82) is 0 Å². The van der Waals surface area contributed by atoms with Gasteiger partial charge in [-0.1, -0.05) is 12.1 Å². The molecule has 0 amide bonds. The first kappa shape index (κ1) is 16.7. The highest BCUT2D eigenvalue weighted by molar-refractivity contribution is 7.91. The molecule has 6 nitrogen and oxygen atoms in total. The van der Waals surface area contributed by atoms with E-state index in [9.17, 15) is 18.0 Å². The fourth-order valence-electron chi connectivity index (χ4n) is 2.15. The van der Waals surface area contributed by atoms with Crippen molar-refractivity contribution in [3.63, 3.8) is 0 Å². The minimum Gasteiger partial charge on any atom is -0.396 e. The summed E-state index contributed by atoms with van der Waals surface area (Å²) in [5.41, 5.74) is 11.9. The van der Waals surface area contributed by atoms with Crippen LogP contribution in [-0.2, 0) is 9.84 Å². The zero-order chi connectivity index (χ0) is 17.4. The van der Waals surface area contributed by atoms with Gasteiger partial charge < -0.3 is 11.5 Å². The molecule has 0 atom stereocenters. The first-order valence-corrected chi connectivity index (χ1v) is 8.19. The summed E-state index contributed by atoms with van der Waals surface area (Å²) in [5.74, 6) is -0.465. The summed E-state index contributed by atoms with van der Waals surface area (Å²) in [6, 6.07) is 8.13. The lowest BCUT2D eigenvalue weighted by atomic mass is 10.1. The number of benzene rings is 2. The molecule has 0 fully saturated rings. The number of rotatable bonds is 4. The topological polar surface area (TPSA) is 120 Å². The van der Waals surface area contributed by atoms with Crippen LogP contribution in [0, 0.1) is 0 Å². The number of carbonyl (C=O) groups is 2. The van der Waals surface area contributed by atoms with Crippen LogP contribution in [0.1, 0.15) is 34.6 Å². The number of nitrogen functional groups attached to an aromatic ring is 2. The van der Waals surface area contributed by atoms with E-state index in [0.29, 0.717) is 5.56 Å². The second-order valence-electron chi connectivity index (χ2n) is 5.08. The van der Waals surface area contributed by atoms with Crippen molar-refractivity contribution in [2.45, 2.75) is 23.6 Å². The van der Waals surface area contributed by atoms with Gasteiger partial charge in [0.2, 0.25) is 9.84 Å². The van der Waals surface area contributed by atoms with Gasteiger partial charge in [0.05, 0.1) is 21.2 Å². The predicted molar refractivity (Wildman–Crippen MR) is 87.2 cm³/mol. The monoisotopic (exact) mass is 332 g/mol. The SMILES string of the molecule is CC(=O)c1ccc(S(=O)(=O)c2ccc(C(C)=O)c(N)c2N)cc1. The Morgan fingerprint density at radius 2 is 1.39 bits per heavy atom. The molecular formula is C16H16N2O4S. The molecule has 4 N–H and O–H groups in total. The molecule has 0 unspecified atom stereocenters. The highest BCUT2D eigenvalue weighted by atomic mass is 32.2. The maximum atomic E-state index is 12.7. The molecule has 0 spiro atoms. The van der Waals surface area contributed by atoms with Gasteiger partial charge in [-0.3, -0.25) is 9.59 Å². The van der Waals surface area contributed by atoms with Crippen molar-refractivity contribution >= 4 is 32.8 Å². The van der Waals surface area contributed by atoms with Crippen molar-refractivity contribution in [2.75, 3.05) is 11.5 Å². The maximum Gasteiger partial charge on any atom is 0.208 e. The zero-order valence-corrected chi connectivity index (χ0v) is 13.5. The van der Waals surface area contributed by atoms with Crippen LogP contribution in [0.4, 0.5) is 11.4 Å². The van der Waals surface area contributed by atoms with Crippen molar-refractivity contribution in [1.82, 2.24) is 0 Å². The number of nitrogens with two attached hydrogens (primary N) is 2. The minimum absolute atomic E-state index is 0.0100. The van der Waals surface area contributed by atoms with E-state index in [1.807, 2.05) is 0 Å². The first-order chi connectivity index (χ1) is 10.7. The lowest BCUT2D eigenvalue weighted by molar-refractivity contribution is 0.100. The first-order valence-electron chi connectivity index (χ1n) is 6.71. The number of hydrogen-bond acceptors (Lipinski definition) is 6. The summed E-state index contributed by atoms with van der Waals surface area (Å²) in [7, 11) is -3.90. The second kappa shape index (κ2) is 5.85. The Hall–Kier alpha value is -2.67. The Bertz CT molecular complexity index is 900.